The van der Waals surface area contributed by atoms with Gasteiger partial charge >= 0.3 is 0 Å². The Hall–Kier alpha value is -1.36. The maximum atomic E-state index is 12.3. The van der Waals surface area contributed by atoms with E-state index in [-0.39, 0.29) is 5.91 Å². The Balaban J connectivity index is 1.62. The van der Waals surface area contributed by atoms with Crippen molar-refractivity contribution >= 4 is 5.91 Å². The third kappa shape index (κ3) is 3.28. The van der Waals surface area contributed by atoms with Crippen LogP contribution in [0.2, 0.25) is 0 Å². The average molecular weight is 291 g/mol. The first-order valence-electron chi connectivity index (χ1n) is 8.25. The molecule has 21 heavy (non-hydrogen) atoms. The standard InChI is InChI=1S/C16H25N3O2/c20-15(14-12-7-3-4-8-13(12)18-19-14)17-11-16(21)9-5-1-2-6-10-16/h21H,1-11H2,(H,17,20)(H,18,19). The summed E-state index contributed by atoms with van der Waals surface area (Å²) >= 11 is 0. The first-order chi connectivity index (χ1) is 10.2. The topological polar surface area (TPSA) is 78.0 Å². The molecule has 2 aliphatic rings. The molecule has 2 aliphatic carbocycles. The van der Waals surface area contributed by atoms with E-state index in [9.17, 15) is 9.90 Å². The first kappa shape index (κ1) is 14.6. The lowest BCUT2D eigenvalue weighted by Gasteiger charge is -2.26. The number of aliphatic hydroxyl groups is 1. The first-order valence-corrected chi connectivity index (χ1v) is 8.25. The largest absolute Gasteiger partial charge is 0.388 e. The molecule has 3 N–H and O–H groups in total. The Bertz CT molecular complexity index is 502. The summed E-state index contributed by atoms with van der Waals surface area (Å²) in [7, 11) is 0. The average Bonchev–Trinajstić information content (AvgIpc) is 2.81. The number of nitrogens with one attached hydrogen (secondary N) is 2. The maximum Gasteiger partial charge on any atom is 0.272 e. The van der Waals surface area contributed by atoms with Gasteiger partial charge in [-0.3, -0.25) is 9.89 Å². The van der Waals surface area contributed by atoms with Crippen LogP contribution in [0.15, 0.2) is 0 Å². The molecule has 3 rings (SSSR count). The molecule has 0 radical (unpaired) electrons. The molecule has 0 saturated heterocycles. The van der Waals surface area contributed by atoms with Gasteiger partial charge in [0.1, 0.15) is 0 Å². The predicted octanol–water partition coefficient (Wildman–Crippen LogP) is 2.10. The van der Waals surface area contributed by atoms with Crippen LogP contribution in [0.5, 0.6) is 0 Å². The summed E-state index contributed by atoms with van der Waals surface area (Å²) in [5, 5.41) is 20.7. The highest BCUT2D eigenvalue weighted by molar-refractivity contribution is 5.94. The number of aromatic nitrogens is 2. The normalized spacial score (nSPS) is 21.4. The Labute approximate surface area is 125 Å². The SMILES string of the molecule is O=C(NCC1(O)CCCCCC1)c1n[nH]c2c1CCCC2. The number of hydrogen-bond acceptors (Lipinski definition) is 3. The number of hydrogen-bond donors (Lipinski definition) is 3. The van der Waals surface area contributed by atoms with Crippen LogP contribution in [0.1, 0.15) is 73.1 Å². The van der Waals surface area contributed by atoms with E-state index in [4.69, 9.17) is 0 Å². The second-order valence-corrected chi connectivity index (χ2v) is 6.56. The van der Waals surface area contributed by atoms with Crippen molar-refractivity contribution in [2.75, 3.05) is 6.54 Å². The van der Waals surface area contributed by atoms with Crippen molar-refractivity contribution < 1.29 is 9.90 Å². The van der Waals surface area contributed by atoms with Crippen LogP contribution in [-0.2, 0) is 12.8 Å². The van der Waals surface area contributed by atoms with Gasteiger partial charge in [-0.1, -0.05) is 25.7 Å². The van der Waals surface area contributed by atoms with Crippen LogP contribution in [0.3, 0.4) is 0 Å². The molecule has 1 heterocycles. The summed E-state index contributed by atoms with van der Waals surface area (Å²) in [6, 6.07) is 0. The van der Waals surface area contributed by atoms with Crippen LogP contribution in [0.25, 0.3) is 0 Å². The van der Waals surface area contributed by atoms with E-state index in [0.717, 1.165) is 62.6 Å². The lowest BCUT2D eigenvalue weighted by atomic mass is 9.94. The van der Waals surface area contributed by atoms with Crippen LogP contribution < -0.4 is 5.32 Å². The summed E-state index contributed by atoms with van der Waals surface area (Å²) in [5.41, 5.74) is 1.98. The second-order valence-electron chi connectivity index (χ2n) is 6.56. The Kier molecular flexibility index (Phi) is 4.29. The fourth-order valence-electron chi connectivity index (χ4n) is 3.56. The molecule has 1 saturated carbocycles. The molecule has 1 aromatic heterocycles. The van der Waals surface area contributed by atoms with Crippen LogP contribution in [0.4, 0.5) is 0 Å². The molecule has 0 aliphatic heterocycles. The van der Waals surface area contributed by atoms with Gasteiger partial charge in [-0.15, -0.1) is 0 Å². The molecular formula is C16H25N3O2. The van der Waals surface area contributed by atoms with Crippen molar-refractivity contribution in [3.8, 4) is 0 Å². The van der Waals surface area contributed by atoms with Crippen LogP contribution in [0, 0.1) is 0 Å². The van der Waals surface area contributed by atoms with Crippen molar-refractivity contribution in [1.82, 2.24) is 15.5 Å². The Morgan fingerprint density at radius 1 is 1.14 bits per heavy atom. The Morgan fingerprint density at radius 3 is 2.62 bits per heavy atom. The van der Waals surface area contributed by atoms with E-state index in [0.29, 0.717) is 12.2 Å². The molecule has 1 aromatic rings. The second kappa shape index (κ2) is 6.18. The number of aromatic amines is 1. The molecule has 1 fully saturated rings. The van der Waals surface area contributed by atoms with Crippen molar-refractivity contribution in [3.05, 3.63) is 17.0 Å². The third-order valence-corrected chi connectivity index (χ3v) is 4.88. The third-order valence-electron chi connectivity index (χ3n) is 4.88. The van der Waals surface area contributed by atoms with Gasteiger partial charge < -0.3 is 10.4 Å². The summed E-state index contributed by atoms with van der Waals surface area (Å²) in [6.45, 7) is 0.341. The van der Waals surface area contributed by atoms with Gasteiger partial charge in [-0.2, -0.15) is 5.10 Å². The van der Waals surface area contributed by atoms with Crippen molar-refractivity contribution in [2.45, 2.75) is 69.8 Å². The van der Waals surface area contributed by atoms with E-state index < -0.39 is 5.60 Å². The fourth-order valence-corrected chi connectivity index (χ4v) is 3.56. The molecule has 0 atom stereocenters. The van der Waals surface area contributed by atoms with E-state index in [2.05, 4.69) is 15.5 Å². The number of carbonyl (C=O) groups excluding carboxylic acids is 1. The number of nitrogens with zero attached hydrogens (tertiary/aromatic N) is 1. The van der Waals surface area contributed by atoms with E-state index in [1.54, 1.807) is 0 Å². The zero-order chi connectivity index (χ0) is 14.7. The number of aryl methyl sites for hydroxylation is 1. The lowest BCUT2D eigenvalue weighted by molar-refractivity contribution is 0.0245. The minimum atomic E-state index is -0.734. The lowest BCUT2D eigenvalue weighted by Crippen LogP contribution is -2.42. The van der Waals surface area contributed by atoms with Gasteiger partial charge in [0.2, 0.25) is 0 Å². The highest BCUT2D eigenvalue weighted by atomic mass is 16.3. The fraction of sp³-hybridized carbons (Fsp3) is 0.750. The molecule has 5 nitrogen and oxygen atoms in total. The number of H-pyrrole nitrogens is 1. The molecule has 5 heteroatoms. The zero-order valence-electron chi connectivity index (χ0n) is 12.6. The van der Waals surface area contributed by atoms with Gasteiger partial charge in [0.15, 0.2) is 5.69 Å². The summed E-state index contributed by atoms with van der Waals surface area (Å²) in [4.78, 5) is 12.3. The minimum Gasteiger partial charge on any atom is -0.388 e. The highest BCUT2D eigenvalue weighted by Gasteiger charge is 2.29. The predicted molar refractivity (Wildman–Crippen MR) is 80.2 cm³/mol. The van der Waals surface area contributed by atoms with Gasteiger partial charge in [0, 0.05) is 17.8 Å². The Morgan fingerprint density at radius 2 is 1.86 bits per heavy atom. The molecule has 0 bridgehead atoms. The number of rotatable bonds is 3. The molecule has 0 unspecified atom stereocenters. The van der Waals surface area contributed by atoms with E-state index >= 15 is 0 Å². The van der Waals surface area contributed by atoms with E-state index in [1.807, 2.05) is 0 Å². The number of fused-ring (bicyclic) bond motifs is 1. The van der Waals surface area contributed by atoms with Crippen molar-refractivity contribution in [2.24, 2.45) is 0 Å². The molecular weight excluding hydrogens is 266 g/mol. The molecule has 0 spiro atoms. The van der Waals surface area contributed by atoms with Crippen LogP contribution in [-0.4, -0.2) is 33.4 Å². The molecule has 116 valence electrons. The molecule has 0 aromatic carbocycles. The minimum absolute atomic E-state index is 0.146. The van der Waals surface area contributed by atoms with Gasteiger partial charge in [-0.25, -0.2) is 0 Å². The number of carbonyl (C=O) groups is 1. The summed E-state index contributed by atoms with van der Waals surface area (Å²) in [6.07, 6.45) is 10.2. The van der Waals surface area contributed by atoms with Crippen molar-refractivity contribution in [3.63, 3.8) is 0 Å². The summed E-state index contributed by atoms with van der Waals surface area (Å²) < 4.78 is 0. The van der Waals surface area contributed by atoms with Gasteiger partial charge in [-0.05, 0) is 38.5 Å². The van der Waals surface area contributed by atoms with Gasteiger partial charge in [0.05, 0.1) is 5.60 Å². The monoisotopic (exact) mass is 291 g/mol. The zero-order valence-corrected chi connectivity index (χ0v) is 12.6. The quantitative estimate of drug-likeness (QED) is 0.746. The number of amides is 1. The smallest absolute Gasteiger partial charge is 0.272 e. The summed E-state index contributed by atoms with van der Waals surface area (Å²) in [5.74, 6) is -0.146. The van der Waals surface area contributed by atoms with E-state index in [1.165, 1.54) is 12.8 Å². The maximum absolute atomic E-state index is 12.3. The van der Waals surface area contributed by atoms with Gasteiger partial charge in [0.25, 0.3) is 5.91 Å². The van der Waals surface area contributed by atoms with Crippen molar-refractivity contribution in [1.29, 1.82) is 0 Å². The van der Waals surface area contributed by atoms with Crippen LogP contribution >= 0.6 is 0 Å². The molecule has 1 amide bonds. The highest BCUT2D eigenvalue weighted by Crippen LogP contribution is 2.27.